The van der Waals surface area contributed by atoms with Gasteiger partial charge in [0.05, 0.1) is 17.4 Å². The summed E-state index contributed by atoms with van der Waals surface area (Å²) in [5.41, 5.74) is 5.01. The van der Waals surface area contributed by atoms with E-state index in [0.29, 0.717) is 0 Å². The Morgan fingerprint density at radius 1 is 1.39 bits per heavy atom. The van der Waals surface area contributed by atoms with Crippen LogP contribution in [0, 0.1) is 11.6 Å². The van der Waals surface area contributed by atoms with Gasteiger partial charge in [-0.1, -0.05) is 0 Å². The van der Waals surface area contributed by atoms with Gasteiger partial charge < -0.3 is 5.73 Å². The van der Waals surface area contributed by atoms with E-state index in [1.165, 1.54) is 0 Å². The highest BCUT2D eigenvalue weighted by Crippen LogP contribution is 2.13. The number of carbonyl (C=O) groups is 1. The van der Waals surface area contributed by atoms with Crippen molar-refractivity contribution >= 4 is 15.6 Å². The normalized spacial score (nSPS) is 13.3. The van der Waals surface area contributed by atoms with Crippen LogP contribution < -0.4 is 5.73 Å². The molecule has 1 unspecified atom stereocenters. The van der Waals surface area contributed by atoms with Gasteiger partial charge in [0.15, 0.2) is 5.78 Å². The minimum Gasteiger partial charge on any atom is -0.321 e. The molecule has 0 aliphatic heterocycles. The lowest BCUT2D eigenvalue weighted by Gasteiger charge is -2.10. The summed E-state index contributed by atoms with van der Waals surface area (Å²) in [7, 11) is -3.25. The van der Waals surface area contributed by atoms with Gasteiger partial charge in [-0.25, -0.2) is 17.2 Å². The molecular weight excluding hydrogens is 264 g/mol. The summed E-state index contributed by atoms with van der Waals surface area (Å²) in [6.45, 7) is 0. The van der Waals surface area contributed by atoms with E-state index in [4.69, 9.17) is 5.73 Å². The zero-order valence-electron chi connectivity index (χ0n) is 9.69. The summed E-state index contributed by atoms with van der Waals surface area (Å²) in [6.07, 6.45) is 0.876. The summed E-state index contributed by atoms with van der Waals surface area (Å²) < 4.78 is 48.0. The third-order valence-electron chi connectivity index (χ3n) is 2.33. The molecule has 0 saturated heterocycles. The summed E-state index contributed by atoms with van der Waals surface area (Å²) in [6, 6.07) is 1.29. The molecular formula is C11H13F2NO3S. The van der Waals surface area contributed by atoms with Gasteiger partial charge in [-0.3, -0.25) is 4.79 Å². The van der Waals surface area contributed by atoms with Crippen molar-refractivity contribution in [1.82, 2.24) is 0 Å². The van der Waals surface area contributed by atoms with Crippen LogP contribution in [0.25, 0.3) is 0 Å². The standard InChI is InChI=1S/C11H13F2NO3S/c1-18(16,17)5-4-10(14)11(15)8-6-7(12)2-3-9(8)13/h2-3,6,10H,4-5,14H2,1H3. The molecule has 0 spiro atoms. The molecule has 4 nitrogen and oxygen atoms in total. The lowest BCUT2D eigenvalue weighted by atomic mass is 10.0. The molecule has 0 saturated carbocycles. The van der Waals surface area contributed by atoms with Crippen LogP contribution in [0.4, 0.5) is 8.78 Å². The smallest absolute Gasteiger partial charge is 0.182 e. The van der Waals surface area contributed by atoms with Crippen LogP contribution >= 0.6 is 0 Å². The Morgan fingerprint density at radius 3 is 2.56 bits per heavy atom. The first-order valence-corrected chi connectivity index (χ1v) is 7.19. The van der Waals surface area contributed by atoms with E-state index in [0.717, 1.165) is 24.5 Å². The number of sulfone groups is 1. The highest BCUT2D eigenvalue weighted by molar-refractivity contribution is 7.90. The Labute approximate surface area is 104 Å². The molecule has 18 heavy (non-hydrogen) atoms. The molecule has 0 aliphatic rings. The predicted octanol–water partition coefficient (Wildman–Crippen LogP) is 0.910. The SMILES string of the molecule is CS(=O)(=O)CCC(N)C(=O)c1cc(F)ccc1F. The summed E-state index contributed by atoms with van der Waals surface area (Å²) in [4.78, 5) is 11.7. The van der Waals surface area contributed by atoms with E-state index in [1.54, 1.807) is 0 Å². The third-order valence-corrected chi connectivity index (χ3v) is 3.31. The lowest BCUT2D eigenvalue weighted by Crippen LogP contribution is -2.33. The van der Waals surface area contributed by atoms with Gasteiger partial charge in [-0.2, -0.15) is 0 Å². The Hall–Kier alpha value is -1.34. The molecule has 0 bridgehead atoms. The van der Waals surface area contributed by atoms with Crippen molar-refractivity contribution in [3.8, 4) is 0 Å². The first-order valence-electron chi connectivity index (χ1n) is 5.13. The van der Waals surface area contributed by atoms with Crippen molar-refractivity contribution in [3.63, 3.8) is 0 Å². The Kier molecular flexibility index (Phi) is 4.53. The van der Waals surface area contributed by atoms with Crippen LogP contribution in [0.15, 0.2) is 18.2 Å². The zero-order valence-corrected chi connectivity index (χ0v) is 10.5. The Bertz CT molecular complexity index is 557. The minimum atomic E-state index is -3.25. The number of hydrogen-bond acceptors (Lipinski definition) is 4. The van der Waals surface area contributed by atoms with E-state index in [9.17, 15) is 22.0 Å². The van der Waals surface area contributed by atoms with Crippen molar-refractivity contribution in [2.24, 2.45) is 5.73 Å². The Morgan fingerprint density at radius 2 is 2.00 bits per heavy atom. The molecule has 0 aliphatic carbocycles. The average molecular weight is 277 g/mol. The first-order chi connectivity index (χ1) is 8.20. The molecule has 0 amide bonds. The average Bonchev–Trinajstić information content (AvgIpc) is 2.27. The molecule has 7 heteroatoms. The number of hydrogen-bond donors (Lipinski definition) is 1. The maximum absolute atomic E-state index is 13.3. The van der Waals surface area contributed by atoms with Gasteiger partial charge in [0, 0.05) is 6.26 Å². The van der Waals surface area contributed by atoms with Crippen LogP contribution in [-0.2, 0) is 9.84 Å². The third kappa shape index (κ3) is 4.15. The van der Waals surface area contributed by atoms with Crippen LogP contribution in [0.5, 0.6) is 0 Å². The predicted molar refractivity (Wildman–Crippen MR) is 63.0 cm³/mol. The number of ketones is 1. The number of halogens is 2. The fraction of sp³-hybridized carbons (Fsp3) is 0.364. The van der Waals surface area contributed by atoms with E-state index in [2.05, 4.69) is 0 Å². The second kappa shape index (κ2) is 5.53. The van der Waals surface area contributed by atoms with E-state index < -0.39 is 38.9 Å². The number of rotatable bonds is 5. The molecule has 0 heterocycles. The molecule has 0 fully saturated rings. The van der Waals surface area contributed by atoms with Crippen LogP contribution in [0.2, 0.25) is 0 Å². The van der Waals surface area contributed by atoms with E-state index in [-0.39, 0.29) is 12.2 Å². The number of Topliss-reactive ketones (excluding diaryl/α,β-unsaturated/α-hetero) is 1. The summed E-state index contributed by atoms with van der Waals surface area (Å²) in [5.74, 6) is -2.72. The van der Waals surface area contributed by atoms with Crippen molar-refractivity contribution in [1.29, 1.82) is 0 Å². The van der Waals surface area contributed by atoms with Gasteiger partial charge in [-0.15, -0.1) is 0 Å². The van der Waals surface area contributed by atoms with Crippen molar-refractivity contribution in [3.05, 3.63) is 35.4 Å². The quantitative estimate of drug-likeness (QED) is 0.811. The van der Waals surface area contributed by atoms with Gasteiger partial charge in [-0.05, 0) is 24.6 Å². The van der Waals surface area contributed by atoms with Crippen molar-refractivity contribution < 1.29 is 22.0 Å². The van der Waals surface area contributed by atoms with Crippen LogP contribution in [-0.4, -0.2) is 32.3 Å². The van der Waals surface area contributed by atoms with Gasteiger partial charge in [0.1, 0.15) is 21.5 Å². The van der Waals surface area contributed by atoms with Crippen LogP contribution in [0.1, 0.15) is 16.8 Å². The maximum atomic E-state index is 13.3. The van der Waals surface area contributed by atoms with Crippen molar-refractivity contribution in [2.75, 3.05) is 12.0 Å². The second-order valence-corrected chi connectivity index (χ2v) is 6.27. The van der Waals surface area contributed by atoms with E-state index in [1.807, 2.05) is 0 Å². The van der Waals surface area contributed by atoms with Gasteiger partial charge in [0.25, 0.3) is 0 Å². The number of carbonyl (C=O) groups excluding carboxylic acids is 1. The highest BCUT2D eigenvalue weighted by Gasteiger charge is 2.21. The second-order valence-electron chi connectivity index (χ2n) is 4.01. The molecule has 100 valence electrons. The lowest BCUT2D eigenvalue weighted by molar-refractivity contribution is 0.0955. The fourth-order valence-electron chi connectivity index (χ4n) is 1.36. The fourth-order valence-corrected chi connectivity index (χ4v) is 2.04. The molecule has 1 rings (SSSR count). The topological polar surface area (TPSA) is 77.2 Å². The van der Waals surface area contributed by atoms with E-state index >= 15 is 0 Å². The molecule has 0 radical (unpaired) electrons. The highest BCUT2D eigenvalue weighted by atomic mass is 32.2. The largest absolute Gasteiger partial charge is 0.321 e. The first kappa shape index (κ1) is 14.7. The molecule has 2 N–H and O–H groups in total. The maximum Gasteiger partial charge on any atom is 0.182 e. The van der Waals surface area contributed by atoms with Crippen LogP contribution in [0.3, 0.4) is 0 Å². The molecule has 0 aromatic heterocycles. The minimum absolute atomic E-state index is 0.131. The summed E-state index contributed by atoms with van der Waals surface area (Å²) >= 11 is 0. The zero-order chi connectivity index (χ0) is 13.9. The molecule has 1 aromatic rings. The molecule has 1 aromatic carbocycles. The number of benzene rings is 1. The van der Waals surface area contributed by atoms with Gasteiger partial charge in [0.2, 0.25) is 0 Å². The monoisotopic (exact) mass is 277 g/mol. The summed E-state index contributed by atoms with van der Waals surface area (Å²) in [5, 5.41) is 0. The number of nitrogens with two attached hydrogens (primary N) is 1. The molecule has 1 atom stereocenters. The van der Waals surface area contributed by atoms with Crippen molar-refractivity contribution in [2.45, 2.75) is 12.5 Å². The van der Waals surface area contributed by atoms with Gasteiger partial charge >= 0.3 is 0 Å². The Balaban J connectivity index is 2.83.